The molecule has 0 spiro atoms. The molecular weight excluding hydrogens is 443 g/mol. The van der Waals surface area contributed by atoms with Gasteiger partial charge in [-0.1, -0.05) is 67.3 Å². The normalized spacial score (nSPS) is 11.5. The number of hydrogen-bond acceptors (Lipinski definition) is 4. The van der Waals surface area contributed by atoms with Gasteiger partial charge in [-0.2, -0.15) is 0 Å². The summed E-state index contributed by atoms with van der Waals surface area (Å²) >= 11 is 0. The molecule has 6 heteroatoms. The summed E-state index contributed by atoms with van der Waals surface area (Å²) in [5.74, 6) is 1.64. The first-order chi connectivity index (χ1) is 16.3. The van der Waals surface area contributed by atoms with Crippen molar-refractivity contribution in [3.63, 3.8) is 0 Å². The van der Waals surface area contributed by atoms with E-state index in [2.05, 4.69) is 36.8 Å². The fraction of sp³-hybridized carbons (Fsp3) is 0.250. The molecule has 0 atom stereocenters. The number of benzene rings is 3. The Balaban J connectivity index is 1.73. The molecule has 0 aliphatic heterocycles. The first-order valence-electron chi connectivity index (χ1n) is 11.4. The number of hydrogen-bond donors (Lipinski definition) is 0. The van der Waals surface area contributed by atoms with Crippen molar-refractivity contribution in [1.29, 1.82) is 0 Å². The molecule has 0 amide bonds. The van der Waals surface area contributed by atoms with E-state index in [1.165, 1.54) is 5.19 Å². The number of aromatic nitrogens is 1. The number of pyridine rings is 1. The highest BCUT2D eigenvalue weighted by Crippen LogP contribution is 2.28. The van der Waals surface area contributed by atoms with Crippen LogP contribution in [0.5, 0.6) is 11.5 Å². The number of methoxy groups -OCH3 is 2. The minimum absolute atomic E-state index is 0.290. The van der Waals surface area contributed by atoms with E-state index in [9.17, 15) is 0 Å². The third kappa shape index (κ3) is 5.23. The largest absolute Gasteiger partial charge is 0.497 e. The third-order valence-corrected chi connectivity index (χ3v) is 8.08. The van der Waals surface area contributed by atoms with Crippen molar-refractivity contribution in [3.8, 4) is 11.5 Å². The summed E-state index contributed by atoms with van der Waals surface area (Å²) < 4.78 is 26.4. The number of anilines is 1. The summed E-state index contributed by atoms with van der Waals surface area (Å²) in [5, 5.41) is 2.73. The lowest BCUT2D eigenvalue weighted by atomic mass is 10.1. The molecule has 1 heterocycles. The van der Waals surface area contributed by atoms with Crippen LogP contribution in [0.2, 0.25) is 19.6 Å². The average molecular weight is 475 g/mol. The third-order valence-electron chi connectivity index (χ3n) is 6.04. The number of ether oxygens (including phenoxy) is 2. The fourth-order valence-corrected chi connectivity index (χ4v) is 5.14. The van der Waals surface area contributed by atoms with Crippen molar-refractivity contribution in [3.05, 3.63) is 89.9 Å². The summed E-state index contributed by atoms with van der Waals surface area (Å²) in [6.45, 7) is 7.89. The minimum atomic E-state index is -1.50. The quantitative estimate of drug-likeness (QED) is 0.287. The predicted molar refractivity (Wildman–Crippen MR) is 141 cm³/mol. The lowest BCUT2D eigenvalue weighted by Crippen LogP contribution is -2.37. The maximum Gasteiger partial charge on any atom is 0.173 e. The highest BCUT2D eigenvalue weighted by molar-refractivity contribution is 6.88. The second kappa shape index (κ2) is 9.85. The Morgan fingerprint density at radius 1 is 0.794 bits per heavy atom. The van der Waals surface area contributed by atoms with Crippen LogP contribution < -0.4 is 19.6 Å². The average Bonchev–Trinajstić information content (AvgIpc) is 2.84. The van der Waals surface area contributed by atoms with Crippen molar-refractivity contribution in [2.45, 2.75) is 32.7 Å². The molecule has 0 aliphatic carbocycles. The van der Waals surface area contributed by atoms with Gasteiger partial charge in [-0.25, -0.2) is 9.37 Å². The van der Waals surface area contributed by atoms with E-state index in [0.29, 0.717) is 24.3 Å². The molecule has 0 aliphatic rings. The van der Waals surface area contributed by atoms with Gasteiger partial charge in [0.25, 0.3) is 0 Å². The molecule has 4 aromatic rings. The second-order valence-electron chi connectivity index (χ2n) is 9.50. The van der Waals surface area contributed by atoms with Gasteiger partial charge in [-0.15, -0.1) is 0 Å². The van der Waals surface area contributed by atoms with Crippen molar-refractivity contribution < 1.29 is 13.9 Å². The molecule has 4 nitrogen and oxygen atoms in total. The van der Waals surface area contributed by atoms with Crippen molar-refractivity contribution in [2.24, 2.45) is 0 Å². The van der Waals surface area contributed by atoms with Crippen LogP contribution in [-0.2, 0) is 13.1 Å². The SMILES string of the molecule is COc1ccc(CN(Cc2ccc(OC)cc2)c2ncc3cc([Si](C)(C)C)ccc3c2F)cc1. The molecule has 0 saturated carbocycles. The van der Waals surface area contributed by atoms with E-state index < -0.39 is 8.07 Å². The smallest absolute Gasteiger partial charge is 0.173 e. The maximum absolute atomic E-state index is 15.9. The number of fused-ring (bicyclic) bond motifs is 1. The van der Waals surface area contributed by atoms with E-state index in [1.807, 2.05) is 59.5 Å². The van der Waals surface area contributed by atoms with Crippen LogP contribution in [0.15, 0.2) is 72.9 Å². The standard InChI is InChI=1S/C28H31FN2O2Si/c1-32-23-10-6-20(7-11-23)18-31(19-21-8-12-24(33-2)13-9-21)28-27(29)26-15-14-25(34(3,4)5)16-22(26)17-30-28/h6-17H,18-19H2,1-5H3. The summed E-state index contributed by atoms with van der Waals surface area (Å²) in [5.41, 5.74) is 2.09. The molecule has 0 fully saturated rings. The summed E-state index contributed by atoms with van der Waals surface area (Å²) in [6.07, 6.45) is 1.80. The molecule has 3 aromatic carbocycles. The zero-order chi connectivity index (χ0) is 24.3. The van der Waals surface area contributed by atoms with E-state index in [0.717, 1.165) is 28.0 Å². The highest BCUT2D eigenvalue weighted by atomic mass is 28.3. The van der Waals surface area contributed by atoms with Crippen LogP contribution in [-0.4, -0.2) is 27.3 Å². The molecule has 0 N–H and O–H groups in total. The van der Waals surface area contributed by atoms with Gasteiger partial charge in [0, 0.05) is 30.1 Å². The summed E-state index contributed by atoms with van der Waals surface area (Å²) in [4.78, 5) is 6.58. The van der Waals surface area contributed by atoms with E-state index in [1.54, 1.807) is 20.4 Å². The Hall–Kier alpha value is -3.38. The van der Waals surface area contributed by atoms with Crippen LogP contribution in [0.1, 0.15) is 11.1 Å². The van der Waals surface area contributed by atoms with Crippen LogP contribution >= 0.6 is 0 Å². The Kier molecular flexibility index (Phi) is 6.89. The van der Waals surface area contributed by atoms with Gasteiger partial charge < -0.3 is 14.4 Å². The molecule has 0 radical (unpaired) electrons. The summed E-state index contributed by atoms with van der Waals surface area (Å²) in [6, 6.07) is 21.7. The van der Waals surface area contributed by atoms with E-state index in [4.69, 9.17) is 9.47 Å². The highest BCUT2D eigenvalue weighted by Gasteiger charge is 2.20. The first kappa shape index (κ1) is 23.8. The van der Waals surface area contributed by atoms with Gasteiger partial charge in [0.2, 0.25) is 0 Å². The van der Waals surface area contributed by atoms with Gasteiger partial charge in [-0.3, -0.25) is 0 Å². The fourth-order valence-electron chi connectivity index (χ4n) is 3.97. The second-order valence-corrected chi connectivity index (χ2v) is 14.6. The number of rotatable bonds is 8. The van der Waals surface area contributed by atoms with Gasteiger partial charge in [0.15, 0.2) is 11.6 Å². The lowest BCUT2D eigenvalue weighted by Gasteiger charge is -2.25. The lowest BCUT2D eigenvalue weighted by molar-refractivity contribution is 0.414. The zero-order valence-corrected chi connectivity index (χ0v) is 21.4. The molecule has 0 saturated heterocycles. The number of halogens is 1. The monoisotopic (exact) mass is 474 g/mol. The predicted octanol–water partition coefficient (Wildman–Crippen LogP) is 6.14. The Bertz CT molecular complexity index is 1220. The van der Waals surface area contributed by atoms with Crippen LogP contribution in [0.4, 0.5) is 10.2 Å². The van der Waals surface area contributed by atoms with Gasteiger partial charge in [0.1, 0.15) is 11.5 Å². The first-order valence-corrected chi connectivity index (χ1v) is 14.9. The molecule has 4 rings (SSSR count). The van der Waals surface area contributed by atoms with Gasteiger partial charge in [0.05, 0.1) is 22.3 Å². The number of nitrogens with zero attached hydrogens (tertiary/aromatic N) is 2. The van der Waals surface area contributed by atoms with E-state index in [-0.39, 0.29) is 5.82 Å². The van der Waals surface area contributed by atoms with Gasteiger partial charge in [-0.05, 0) is 35.4 Å². The molecular formula is C28H31FN2O2Si. The van der Waals surface area contributed by atoms with Crippen LogP contribution in [0.25, 0.3) is 10.8 Å². The Morgan fingerprint density at radius 2 is 1.32 bits per heavy atom. The van der Waals surface area contributed by atoms with Crippen molar-refractivity contribution >= 4 is 29.9 Å². The molecule has 0 bridgehead atoms. The van der Waals surface area contributed by atoms with Gasteiger partial charge >= 0.3 is 0 Å². The van der Waals surface area contributed by atoms with Crippen molar-refractivity contribution in [2.75, 3.05) is 19.1 Å². The molecule has 0 unspecified atom stereocenters. The molecule has 1 aromatic heterocycles. The van der Waals surface area contributed by atoms with Crippen LogP contribution in [0, 0.1) is 5.82 Å². The van der Waals surface area contributed by atoms with Crippen molar-refractivity contribution in [1.82, 2.24) is 4.98 Å². The summed E-state index contributed by atoms with van der Waals surface area (Å²) in [7, 11) is 1.79. The molecule has 34 heavy (non-hydrogen) atoms. The zero-order valence-electron chi connectivity index (χ0n) is 20.4. The van der Waals surface area contributed by atoms with E-state index >= 15 is 4.39 Å². The van der Waals surface area contributed by atoms with Crippen LogP contribution in [0.3, 0.4) is 0 Å². The molecule has 176 valence electrons. The topological polar surface area (TPSA) is 34.6 Å². The Morgan fingerprint density at radius 3 is 1.79 bits per heavy atom. The maximum atomic E-state index is 15.9. The minimum Gasteiger partial charge on any atom is -0.497 e. The Labute approximate surface area is 202 Å².